The molecule has 128 valence electrons. The van der Waals surface area contributed by atoms with Crippen LogP contribution in [0.2, 0.25) is 5.02 Å². The lowest BCUT2D eigenvalue weighted by Crippen LogP contribution is -2.36. The molecule has 3 rings (SSSR count). The first kappa shape index (κ1) is 17.0. The third kappa shape index (κ3) is 3.80. The largest absolute Gasteiger partial charge is 0.378 e. The molecule has 0 radical (unpaired) electrons. The molecule has 0 bridgehead atoms. The summed E-state index contributed by atoms with van der Waals surface area (Å²) in [5.74, 6) is -0.495. The van der Waals surface area contributed by atoms with Crippen LogP contribution in [-0.4, -0.2) is 34.7 Å². The van der Waals surface area contributed by atoms with Crippen molar-refractivity contribution in [1.29, 1.82) is 0 Å². The summed E-state index contributed by atoms with van der Waals surface area (Å²) >= 11 is 6.02. The molecular formula is C16H16ClFN2O3S. The van der Waals surface area contributed by atoms with Gasteiger partial charge in [0.25, 0.3) is 10.0 Å². The van der Waals surface area contributed by atoms with E-state index in [9.17, 15) is 12.8 Å². The van der Waals surface area contributed by atoms with Crippen molar-refractivity contribution in [3.63, 3.8) is 0 Å². The Labute approximate surface area is 145 Å². The van der Waals surface area contributed by atoms with Crippen LogP contribution in [0.5, 0.6) is 0 Å². The van der Waals surface area contributed by atoms with Gasteiger partial charge in [-0.05, 0) is 42.5 Å². The predicted molar refractivity (Wildman–Crippen MR) is 91.7 cm³/mol. The van der Waals surface area contributed by atoms with Gasteiger partial charge in [0.15, 0.2) is 0 Å². The lowest BCUT2D eigenvalue weighted by atomic mass is 10.2. The summed E-state index contributed by atoms with van der Waals surface area (Å²) in [6.45, 7) is 2.47. The van der Waals surface area contributed by atoms with Gasteiger partial charge in [-0.3, -0.25) is 4.72 Å². The van der Waals surface area contributed by atoms with Crippen molar-refractivity contribution in [3.8, 4) is 0 Å². The van der Waals surface area contributed by atoms with Gasteiger partial charge in [-0.2, -0.15) is 0 Å². The second kappa shape index (κ2) is 6.96. The smallest absolute Gasteiger partial charge is 0.261 e. The van der Waals surface area contributed by atoms with Crippen LogP contribution < -0.4 is 9.62 Å². The van der Waals surface area contributed by atoms with Crippen LogP contribution in [0.15, 0.2) is 47.4 Å². The van der Waals surface area contributed by atoms with Gasteiger partial charge in [0, 0.05) is 18.1 Å². The fraction of sp³-hybridized carbons (Fsp3) is 0.250. The number of hydrogen-bond acceptors (Lipinski definition) is 4. The number of rotatable bonds is 4. The van der Waals surface area contributed by atoms with E-state index in [1.165, 1.54) is 12.1 Å². The Morgan fingerprint density at radius 1 is 1.08 bits per heavy atom. The molecule has 1 heterocycles. The number of sulfonamides is 1. The molecule has 2 aromatic carbocycles. The van der Waals surface area contributed by atoms with Crippen molar-refractivity contribution in [3.05, 3.63) is 53.3 Å². The zero-order valence-electron chi connectivity index (χ0n) is 12.7. The van der Waals surface area contributed by atoms with Gasteiger partial charge in [-0.1, -0.05) is 11.6 Å². The zero-order valence-corrected chi connectivity index (χ0v) is 14.3. The molecule has 0 amide bonds. The number of halogens is 2. The number of benzene rings is 2. The molecule has 2 aromatic rings. The van der Waals surface area contributed by atoms with Crippen molar-refractivity contribution in [2.24, 2.45) is 0 Å². The summed E-state index contributed by atoms with van der Waals surface area (Å²) in [4.78, 5) is 2.01. The lowest BCUT2D eigenvalue weighted by Gasteiger charge is -2.30. The van der Waals surface area contributed by atoms with Crippen molar-refractivity contribution >= 4 is 33.0 Å². The van der Waals surface area contributed by atoms with Crippen LogP contribution in [0.25, 0.3) is 0 Å². The third-order valence-electron chi connectivity index (χ3n) is 3.68. The minimum atomic E-state index is -3.84. The average Bonchev–Trinajstić information content (AvgIpc) is 2.56. The number of nitrogens with zero attached hydrogens (tertiary/aromatic N) is 1. The molecule has 1 N–H and O–H groups in total. The molecule has 0 spiro atoms. The minimum absolute atomic E-state index is 0.0168. The molecule has 0 saturated carbocycles. The Kier molecular flexibility index (Phi) is 4.93. The predicted octanol–water partition coefficient (Wildman–Crippen LogP) is 3.12. The van der Waals surface area contributed by atoms with Gasteiger partial charge in [-0.15, -0.1) is 0 Å². The molecule has 0 aromatic heterocycles. The molecule has 0 atom stereocenters. The number of hydrogen-bond donors (Lipinski definition) is 1. The normalized spacial score (nSPS) is 15.3. The van der Waals surface area contributed by atoms with Gasteiger partial charge < -0.3 is 9.64 Å². The molecule has 8 heteroatoms. The van der Waals surface area contributed by atoms with Gasteiger partial charge >= 0.3 is 0 Å². The van der Waals surface area contributed by atoms with E-state index in [1.54, 1.807) is 18.2 Å². The van der Waals surface area contributed by atoms with Crippen molar-refractivity contribution < 1.29 is 17.5 Å². The molecule has 0 unspecified atom stereocenters. The number of morpholine rings is 1. The second-order valence-corrected chi connectivity index (χ2v) is 7.44. The molecule has 5 nitrogen and oxygen atoms in total. The molecule has 1 saturated heterocycles. The monoisotopic (exact) mass is 370 g/mol. The van der Waals surface area contributed by atoms with E-state index in [0.29, 0.717) is 37.0 Å². The van der Waals surface area contributed by atoms with Crippen molar-refractivity contribution in [1.82, 2.24) is 0 Å². The first-order chi connectivity index (χ1) is 11.5. The summed E-state index contributed by atoms with van der Waals surface area (Å²) in [5, 5.41) is 0.420. The second-order valence-electron chi connectivity index (χ2n) is 5.32. The van der Waals surface area contributed by atoms with Crippen LogP contribution in [0.1, 0.15) is 0 Å². The van der Waals surface area contributed by atoms with Crippen LogP contribution in [0.3, 0.4) is 0 Å². The van der Waals surface area contributed by atoms with Gasteiger partial charge in [-0.25, -0.2) is 12.8 Å². The highest BCUT2D eigenvalue weighted by Gasteiger charge is 2.20. The average molecular weight is 371 g/mol. The highest BCUT2D eigenvalue weighted by atomic mass is 35.5. The number of nitrogens with one attached hydrogen (secondary N) is 1. The molecular weight excluding hydrogens is 355 g/mol. The first-order valence-electron chi connectivity index (χ1n) is 7.36. The summed E-state index contributed by atoms with van der Waals surface area (Å²) in [7, 11) is -3.84. The fourth-order valence-corrected chi connectivity index (χ4v) is 3.72. The number of anilines is 2. The van der Waals surface area contributed by atoms with E-state index in [4.69, 9.17) is 16.3 Å². The highest BCUT2D eigenvalue weighted by molar-refractivity contribution is 7.92. The Morgan fingerprint density at radius 3 is 2.42 bits per heavy atom. The standard InChI is InChI=1S/C16H16ClFN2O3S/c17-12-1-6-16(20-7-9-23-10-8-20)15(11-12)19-24(21,22)14-4-2-13(18)3-5-14/h1-6,11,19H,7-10H2. The molecule has 1 fully saturated rings. The maximum atomic E-state index is 13.0. The maximum Gasteiger partial charge on any atom is 0.261 e. The van der Waals surface area contributed by atoms with E-state index < -0.39 is 15.8 Å². The lowest BCUT2D eigenvalue weighted by molar-refractivity contribution is 0.123. The first-order valence-corrected chi connectivity index (χ1v) is 9.22. The molecule has 24 heavy (non-hydrogen) atoms. The van der Waals surface area contributed by atoms with E-state index in [2.05, 4.69) is 4.72 Å². The van der Waals surface area contributed by atoms with Crippen molar-refractivity contribution in [2.45, 2.75) is 4.90 Å². The van der Waals surface area contributed by atoms with Crippen LogP contribution in [0.4, 0.5) is 15.8 Å². The summed E-state index contributed by atoms with van der Waals surface area (Å²) in [6.07, 6.45) is 0. The van der Waals surface area contributed by atoms with Gasteiger partial charge in [0.1, 0.15) is 5.82 Å². The Balaban J connectivity index is 1.93. The topological polar surface area (TPSA) is 58.6 Å². The summed E-state index contributed by atoms with van der Waals surface area (Å²) < 4.78 is 46.0. The van der Waals surface area contributed by atoms with Crippen LogP contribution in [0, 0.1) is 5.82 Å². The third-order valence-corrected chi connectivity index (χ3v) is 5.30. The highest BCUT2D eigenvalue weighted by Crippen LogP contribution is 2.31. The summed E-state index contributed by atoms with van der Waals surface area (Å²) in [5.41, 5.74) is 1.11. The minimum Gasteiger partial charge on any atom is -0.378 e. The Hall–Kier alpha value is -1.83. The van der Waals surface area contributed by atoms with E-state index in [-0.39, 0.29) is 4.90 Å². The quantitative estimate of drug-likeness (QED) is 0.898. The van der Waals surface area contributed by atoms with E-state index >= 15 is 0 Å². The molecule has 1 aliphatic heterocycles. The van der Waals surface area contributed by atoms with E-state index in [1.807, 2.05) is 4.90 Å². The molecule has 1 aliphatic rings. The molecule has 0 aliphatic carbocycles. The SMILES string of the molecule is O=S(=O)(Nc1cc(Cl)ccc1N1CCOCC1)c1ccc(F)cc1. The summed E-state index contributed by atoms with van der Waals surface area (Å²) in [6, 6.07) is 9.70. The Bertz CT molecular complexity index is 822. The van der Waals surface area contributed by atoms with Gasteiger partial charge in [0.2, 0.25) is 0 Å². The fourth-order valence-electron chi connectivity index (χ4n) is 2.49. The van der Waals surface area contributed by atoms with Gasteiger partial charge in [0.05, 0.1) is 29.5 Å². The van der Waals surface area contributed by atoms with Crippen LogP contribution >= 0.6 is 11.6 Å². The van der Waals surface area contributed by atoms with E-state index in [0.717, 1.165) is 17.8 Å². The number of ether oxygens (including phenoxy) is 1. The van der Waals surface area contributed by atoms with Crippen molar-refractivity contribution in [2.75, 3.05) is 35.9 Å². The zero-order chi connectivity index (χ0) is 17.2. The van der Waals surface area contributed by atoms with Crippen LogP contribution in [-0.2, 0) is 14.8 Å². The maximum absolute atomic E-state index is 13.0. The Morgan fingerprint density at radius 2 is 1.75 bits per heavy atom.